The van der Waals surface area contributed by atoms with E-state index in [-0.39, 0.29) is 10.5 Å². The predicted molar refractivity (Wildman–Crippen MR) is 79.4 cm³/mol. The van der Waals surface area contributed by atoms with Gasteiger partial charge in [-0.15, -0.1) is 0 Å². The Bertz CT molecular complexity index is 772. The molecule has 21 heavy (non-hydrogen) atoms. The van der Waals surface area contributed by atoms with E-state index < -0.39 is 21.4 Å². The highest BCUT2D eigenvalue weighted by Crippen LogP contribution is 2.25. The van der Waals surface area contributed by atoms with Gasteiger partial charge >= 0.3 is 0 Å². The second-order valence-corrected chi connectivity index (χ2v) is 6.70. The minimum atomic E-state index is -3.67. The molecule has 0 saturated carbocycles. The van der Waals surface area contributed by atoms with Crippen molar-refractivity contribution in [1.82, 2.24) is 0 Å². The molecule has 0 saturated heterocycles. The minimum Gasteiger partial charge on any atom is -0.497 e. The molecule has 0 aliphatic heterocycles. The van der Waals surface area contributed by atoms with E-state index in [0.717, 1.165) is 6.07 Å². The third kappa shape index (κ3) is 3.33. The van der Waals surface area contributed by atoms with Crippen LogP contribution in [0.15, 0.2) is 41.3 Å². The predicted octanol–water partition coefficient (Wildman–Crippen LogP) is 2.70. The van der Waals surface area contributed by atoms with Gasteiger partial charge in [-0.2, -0.15) is 0 Å². The molecular formula is C15H16FNO3S. The number of benzene rings is 2. The van der Waals surface area contributed by atoms with Crippen LogP contribution >= 0.6 is 0 Å². The first-order valence-electron chi connectivity index (χ1n) is 6.25. The van der Waals surface area contributed by atoms with E-state index in [1.807, 2.05) is 0 Å². The van der Waals surface area contributed by atoms with Crippen molar-refractivity contribution in [2.45, 2.75) is 17.6 Å². The van der Waals surface area contributed by atoms with E-state index in [4.69, 9.17) is 10.5 Å². The summed E-state index contributed by atoms with van der Waals surface area (Å²) in [6.45, 7) is 1.68. The van der Waals surface area contributed by atoms with Gasteiger partial charge in [0.2, 0.25) is 0 Å². The van der Waals surface area contributed by atoms with Gasteiger partial charge in [-0.25, -0.2) is 12.8 Å². The van der Waals surface area contributed by atoms with Crippen LogP contribution in [0.2, 0.25) is 0 Å². The number of anilines is 1. The van der Waals surface area contributed by atoms with Gasteiger partial charge in [-0.1, -0.05) is 12.1 Å². The molecule has 0 aliphatic rings. The number of ether oxygens (including phenoxy) is 1. The van der Waals surface area contributed by atoms with Crippen molar-refractivity contribution in [1.29, 1.82) is 0 Å². The molecule has 2 N–H and O–H groups in total. The summed E-state index contributed by atoms with van der Waals surface area (Å²) in [7, 11) is -2.25. The molecule has 2 aromatic rings. The topological polar surface area (TPSA) is 69.4 Å². The Kier molecular flexibility index (Phi) is 4.18. The minimum absolute atomic E-state index is 0.0950. The van der Waals surface area contributed by atoms with Crippen LogP contribution in [-0.2, 0) is 15.6 Å². The Labute approximate surface area is 123 Å². The summed E-state index contributed by atoms with van der Waals surface area (Å²) in [6.07, 6.45) is 0. The highest BCUT2D eigenvalue weighted by Gasteiger charge is 2.20. The number of sulfone groups is 1. The van der Waals surface area contributed by atoms with Crippen molar-refractivity contribution in [2.24, 2.45) is 0 Å². The van der Waals surface area contributed by atoms with Crippen molar-refractivity contribution in [2.75, 3.05) is 12.8 Å². The summed E-state index contributed by atoms with van der Waals surface area (Å²) >= 11 is 0. The quantitative estimate of drug-likeness (QED) is 0.882. The fourth-order valence-corrected chi connectivity index (χ4v) is 3.68. The first-order chi connectivity index (χ1) is 9.83. The highest BCUT2D eigenvalue weighted by atomic mass is 32.2. The molecule has 0 amide bonds. The molecule has 0 spiro atoms. The average Bonchev–Trinajstić information content (AvgIpc) is 2.43. The summed E-state index contributed by atoms with van der Waals surface area (Å²) in [5, 5.41) is 0. The van der Waals surface area contributed by atoms with Gasteiger partial charge in [0.05, 0.1) is 17.8 Å². The van der Waals surface area contributed by atoms with Gasteiger partial charge in [-0.05, 0) is 30.7 Å². The molecule has 0 heterocycles. The Balaban J connectivity index is 2.40. The molecule has 0 atom stereocenters. The van der Waals surface area contributed by atoms with Gasteiger partial charge < -0.3 is 10.5 Å². The second kappa shape index (κ2) is 5.73. The average molecular weight is 309 g/mol. The highest BCUT2D eigenvalue weighted by molar-refractivity contribution is 7.90. The summed E-state index contributed by atoms with van der Waals surface area (Å²) in [6, 6.07) is 8.76. The van der Waals surface area contributed by atoms with Crippen molar-refractivity contribution >= 4 is 15.5 Å². The Morgan fingerprint density at radius 1 is 1.19 bits per heavy atom. The van der Waals surface area contributed by atoms with Gasteiger partial charge in [0.25, 0.3) is 0 Å². The molecule has 0 aromatic heterocycles. The van der Waals surface area contributed by atoms with Crippen LogP contribution in [0.4, 0.5) is 10.1 Å². The third-order valence-corrected chi connectivity index (χ3v) is 4.95. The van der Waals surface area contributed by atoms with Crippen molar-refractivity contribution in [3.63, 3.8) is 0 Å². The summed E-state index contributed by atoms with van der Waals surface area (Å²) in [4.78, 5) is 0.123. The lowest BCUT2D eigenvalue weighted by molar-refractivity contribution is 0.411. The first kappa shape index (κ1) is 15.3. The summed E-state index contributed by atoms with van der Waals surface area (Å²) < 4.78 is 43.6. The molecule has 0 fully saturated rings. The van der Waals surface area contributed by atoms with Crippen LogP contribution < -0.4 is 10.5 Å². The van der Waals surface area contributed by atoms with Crippen LogP contribution in [0.1, 0.15) is 11.1 Å². The lowest BCUT2D eigenvalue weighted by Crippen LogP contribution is -2.09. The van der Waals surface area contributed by atoms with E-state index in [0.29, 0.717) is 17.0 Å². The van der Waals surface area contributed by atoms with Gasteiger partial charge in [0.15, 0.2) is 9.84 Å². The number of nitrogen functional groups attached to an aromatic ring is 1. The van der Waals surface area contributed by atoms with E-state index in [1.54, 1.807) is 19.1 Å². The monoisotopic (exact) mass is 309 g/mol. The van der Waals surface area contributed by atoms with Crippen LogP contribution in [0.25, 0.3) is 0 Å². The number of hydrogen-bond acceptors (Lipinski definition) is 4. The largest absolute Gasteiger partial charge is 0.497 e. The molecule has 112 valence electrons. The van der Waals surface area contributed by atoms with Gasteiger partial charge in [0, 0.05) is 17.3 Å². The molecule has 2 rings (SSSR count). The summed E-state index contributed by atoms with van der Waals surface area (Å²) in [5.41, 5.74) is 6.66. The zero-order chi connectivity index (χ0) is 15.6. The third-order valence-electron chi connectivity index (χ3n) is 3.15. The number of hydrogen-bond donors (Lipinski definition) is 1. The number of aryl methyl sites for hydroxylation is 1. The normalized spacial score (nSPS) is 11.4. The Morgan fingerprint density at radius 2 is 1.90 bits per heavy atom. The van der Waals surface area contributed by atoms with Crippen LogP contribution in [0.5, 0.6) is 5.75 Å². The Hall–Kier alpha value is -2.08. The maximum atomic E-state index is 13.9. The number of methoxy groups -OCH3 is 1. The molecule has 2 aromatic carbocycles. The lowest BCUT2D eigenvalue weighted by Gasteiger charge is -2.10. The fraction of sp³-hybridized carbons (Fsp3) is 0.200. The molecule has 4 nitrogen and oxygen atoms in total. The zero-order valence-electron chi connectivity index (χ0n) is 11.8. The van der Waals surface area contributed by atoms with Gasteiger partial charge in [0.1, 0.15) is 11.6 Å². The molecule has 0 unspecified atom stereocenters. The van der Waals surface area contributed by atoms with E-state index in [1.165, 1.54) is 25.3 Å². The molecular weight excluding hydrogens is 293 g/mol. The van der Waals surface area contributed by atoms with Crippen LogP contribution in [0, 0.1) is 12.7 Å². The molecule has 0 aliphatic carbocycles. The van der Waals surface area contributed by atoms with Crippen molar-refractivity contribution < 1.29 is 17.5 Å². The Morgan fingerprint density at radius 3 is 2.52 bits per heavy atom. The van der Waals surface area contributed by atoms with E-state index in [9.17, 15) is 12.8 Å². The second-order valence-electron chi connectivity index (χ2n) is 4.74. The maximum absolute atomic E-state index is 13.9. The van der Waals surface area contributed by atoms with Gasteiger partial charge in [-0.3, -0.25) is 0 Å². The standard InChI is InChI=1S/C15H16FNO3S/c1-10-3-5-12(17)7-15(10)21(18,19)9-11-4-6-13(20-2)8-14(11)16/h3-8H,9,17H2,1-2H3. The first-order valence-corrected chi connectivity index (χ1v) is 7.90. The van der Waals surface area contributed by atoms with E-state index >= 15 is 0 Å². The van der Waals surface area contributed by atoms with Crippen LogP contribution in [-0.4, -0.2) is 15.5 Å². The smallest absolute Gasteiger partial charge is 0.182 e. The lowest BCUT2D eigenvalue weighted by atomic mass is 10.2. The fourth-order valence-electron chi connectivity index (χ4n) is 2.01. The van der Waals surface area contributed by atoms with E-state index in [2.05, 4.69) is 0 Å². The maximum Gasteiger partial charge on any atom is 0.182 e. The number of halogens is 1. The number of rotatable bonds is 4. The van der Waals surface area contributed by atoms with Crippen LogP contribution in [0.3, 0.4) is 0 Å². The zero-order valence-corrected chi connectivity index (χ0v) is 12.6. The number of nitrogens with two attached hydrogens (primary N) is 1. The molecule has 0 bridgehead atoms. The summed E-state index contributed by atoms with van der Waals surface area (Å²) in [5.74, 6) is -0.694. The molecule has 0 radical (unpaired) electrons. The van der Waals surface area contributed by atoms with Crippen molar-refractivity contribution in [3.05, 3.63) is 53.3 Å². The van der Waals surface area contributed by atoms with Crippen molar-refractivity contribution in [3.8, 4) is 5.75 Å². The SMILES string of the molecule is COc1ccc(CS(=O)(=O)c2cc(N)ccc2C)c(F)c1. The molecule has 6 heteroatoms.